The van der Waals surface area contributed by atoms with E-state index >= 15 is 0 Å². The Kier molecular flexibility index (Phi) is 6.22. The molecule has 1 heterocycles. The molecule has 126 valence electrons. The number of thioether (sulfide) groups is 1. The Morgan fingerprint density at radius 3 is 2.78 bits per heavy atom. The Bertz CT molecular complexity index is 501. The smallest absolute Gasteiger partial charge is 0.191 e. The van der Waals surface area contributed by atoms with Gasteiger partial charge in [-0.15, -0.1) is 11.8 Å². The van der Waals surface area contributed by atoms with Crippen molar-refractivity contribution in [3.05, 3.63) is 30.3 Å². The molecule has 0 aromatic heterocycles. The highest BCUT2D eigenvalue weighted by Gasteiger charge is 2.34. The molecule has 2 aliphatic rings. The largest absolute Gasteiger partial charge is 0.356 e. The number of nitrogens with one attached hydrogen (secondary N) is 2. The van der Waals surface area contributed by atoms with Crippen molar-refractivity contribution in [1.82, 2.24) is 15.5 Å². The standard InChI is InChI=1S/C18H28N4S/c1-19-18(20-10-12-23-17-5-3-2-4-6-17)21-13-15-9-11-22(14-15)16-7-8-16/h2-6,15-16H,7-14H2,1H3,(H2,19,20,21). The minimum absolute atomic E-state index is 0.771. The molecular formula is C18H28N4S. The van der Waals surface area contributed by atoms with E-state index in [1.54, 1.807) is 0 Å². The minimum atomic E-state index is 0.771. The maximum absolute atomic E-state index is 4.33. The summed E-state index contributed by atoms with van der Waals surface area (Å²) >= 11 is 1.87. The van der Waals surface area contributed by atoms with Crippen LogP contribution < -0.4 is 10.6 Å². The fraction of sp³-hybridized carbons (Fsp3) is 0.611. The molecule has 2 N–H and O–H groups in total. The van der Waals surface area contributed by atoms with Crippen molar-refractivity contribution in [2.75, 3.05) is 39.0 Å². The second-order valence-electron chi connectivity index (χ2n) is 6.42. The molecule has 1 atom stereocenters. The highest BCUT2D eigenvalue weighted by Crippen LogP contribution is 2.31. The lowest BCUT2D eigenvalue weighted by atomic mass is 10.1. The zero-order valence-corrected chi connectivity index (χ0v) is 14.8. The number of guanidine groups is 1. The molecule has 1 saturated carbocycles. The van der Waals surface area contributed by atoms with E-state index in [2.05, 4.69) is 50.9 Å². The van der Waals surface area contributed by atoms with Gasteiger partial charge < -0.3 is 15.5 Å². The molecule has 0 amide bonds. The van der Waals surface area contributed by atoms with Crippen molar-refractivity contribution in [3.8, 4) is 0 Å². The van der Waals surface area contributed by atoms with Gasteiger partial charge in [0.2, 0.25) is 0 Å². The highest BCUT2D eigenvalue weighted by atomic mass is 32.2. The van der Waals surface area contributed by atoms with Crippen molar-refractivity contribution in [3.63, 3.8) is 0 Å². The van der Waals surface area contributed by atoms with E-state index < -0.39 is 0 Å². The SMILES string of the molecule is CN=C(NCCSc1ccccc1)NCC1CCN(C2CC2)C1. The lowest BCUT2D eigenvalue weighted by Crippen LogP contribution is -2.41. The van der Waals surface area contributed by atoms with Gasteiger partial charge in [-0.2, -0.15) is 0 Å². The Morgan fingerprint density at radius 1 is 1.22 bits per heavy atom. The zero-order valence-electron chi connectivity index (χ0n) is 14.0. The van der Waals surface area contributed by atoms with Crippen LogP contribution in [0.25, 0.3) is 0 Å². The summed E-state index contributed by atoms with van der Waals surface area (Å²) in [4.78, 5) is 8.32. The molecule has 1 unspecified atom stereocenters. The molecule has 5 heteroatoms. The summed E-state index contributed by atoms with van der Waals surface area (Å²) in [6.07, 6.45) is 4.16. The minimum Gasteiger partial charge on any atom is -0.356 e. The predicted molar refractivity (Wildman–Crippen MR) is 99.2 cm³/mol. The van der Waals surface area contributed by atoms with E-state index in [-0.39, 0.29) is 0 Å². The third-order valence-electron chi connectivity index (χ3n) is 4.57. The summed E-state index contributed by atoms with van der Waals surface area (Å²) in [7, 11) is 1.85. The number of benzene rings is 1. The topological polar surface area (TPSA) is 39.7 Å². The van der Waals surface area contributed by atoms with Crippen molar-refractivity contribution < 1.29 is 0 Å². The van der Waals surface area contributed by atoms with Crippen LogP contribution in [0.1, 0.15) is 19.3 Å². The van der Waals surface area contributed by atoms with Crippen molar-refractivity contribution >= 4 is 17.7 Å². The molecule has 0 bridgehead atoms. The van der Waals surface area contributed by atoms with Gasteiger partial charge in [-0.05, 0) is 43.9 Å². The van der Waals surface area contributed by atoms with Gasteiger partial charge in [0.1, 0.15) is 0 Å². The Morgan fingerprint density at radius 2 is 2.04 bits per heavy atom. The van der Waals surface area contributed by atoms with Gasteiger partial charge in [0, 0.05) is 43.4 Å². The fourth-order valence-corrected chi connectivity index (χ4v) is 3.91. The van der Waals surface area contributed by atoms with Crippen LogP contribution in [0.5, 0.6) is 0 Å². The molecule has 0 radical (unpaired) electrons. The molecule has 3 rings (SSSR count). The molecule has 0 spiro atoms. The van der Waals surface area contributed by atoms with E-state index in [1.807, 2.05) is 18.8 Å². The molecule has 23 heavy (non-hydrogen) atoms. The van der Waals surface area contributed by atoms with Gasteiger partial charge in [0.05, 0.1) is 0 Å². The van der Waals surface area contributed by atoms with Crippen LogP contribution in [0, 0.1) is 5.92 Å². The first kappa shape index (κ1) is 16.7. The quantitative estimate of drug-likeness (QED) is 0.348. The summed E-state index contributed by atoms with van der Waals surface area (Å²) < 4.78 is 0. The zero-order chi connectivity index (χ0) is 15.9. The van der Waals surface area contributed by atoms with Gasteiger partial charge in [-0.3, -0.25) is 4.99 Å². The molecule has 1 saturated heterocycles. The van der Waals surface area contributed by atoms with Crippen LogP contribution in [0.4, 0.5) is 0 Å². The van der Waals surface area contributed by atoms with E-state index in [4.69, 9.17) is 0 Å². The van der Waals surface area contributed by atoms with Crippen molar-refractivity contribution in [2.24, 2.45) is 10.9 Å². The maximum atomic E-state index is 4.33. The van der Waals surface area contributed by atoms with Gasteiger partial charge in [0.25, 0.3) is 0 Å². The summed E-state index contributed by atoms with van der Waals surface area (Å²) in [6.45, 7) is 4.52. The number of rotatable bonds is 7. The number of nitrogens with zero attached hydrogens (tertiary/aromatic N) is 2. The maximum Gasteiger partial charge on any atom is 0.191 e. The van der Waals surface area contributed by atoms with E-state index in [0.717, 1.165) is 36.8 Å². The molecular weight excluding hydrogens is 304 g/mol. The third kappa shape index (κ3) is 5.43. The number of hydrogen-bond donors (Lipinski definition) is 2. The monoisotopic (exact) mass is 332 g/mol. The average Bonchev–Trinajstić information content (AvgIpc) is 3.34. The van der Waals surface area contributed by atoms with Gasteiger partial charge in [-0.1, -0.05) is 18.2 Å². The van der Waals surface area contributed by atoms with Crippen molar-refractivity contribution in [2.45, 2.75) is 30.2 Å². The molecule has 1 aliphatic heterocycles. The second-order valence-corrected chi connectivity index (χ2v) is 7.59. The summed E-state index contributed by atoms with van der Waals surface area (Å²) in [5.41, 5.74) is 0. The lowest BCUT2D eigenvalue weighted by Gasteiger charge is -2.17. The second kappa shape index (κ2) is 8.60. The summed E-state index contributed by atoms with van der Waals surface area (Å²) in [5.74, 6) is 2.75. The van der Waals surface area contributed by atoms with Crippen molar-refractivity contribution in [1.29, 1.82) is 0 Å². The third-order valence-corrected chi connectivity index (χ3v) is 5.58. The van der Waals surface area contributed by atoms with Crippen LogP contribution in [0.15, 0.2) is 40.2 Å². The van der Waals surface area contributed by atoms with E-state index in [9.17, 15) is 0 Å². The van der Waals surface area contributed by atoms with Gasteiger partial charge >= 0.3 is 0 Å². The first-order valence-electron chi connectivity index (χ1n) is 8.71. The number of hydrogen-bond acceptors (Lipinski definition) is 3. The van der Waals surface area contributed by atoms with Gasteiger partial charge in [0.15, 0.2) is 5.96 Å². The first-order chi connectivity index (χ1) is 11.3. The highest BCUT2D eigenvalue weighted by molar-refractivity contribution is 7.99. The fourth-order valence-electron chi connectivity index (χ4n) is 3.12. The Balaban J connectivity index is 1.29. The van der Waals surface area contributed by atoms with Crippen LogP contribution in [-0.2, 0) is 0 Å². The molecule has 1 aromatic carbocycles. The lowest BCUT2D eigenvalue weighted by molar-refractivity contribution is 0.314. The van der Waals surface area contributed by atoms with E-state index in [0.29, 0.717) is 0 Å². The molecule has 4 nitrogen and oxygen atoms in total. The molecule has 2 fully saturated rings. The Hall–Kier alpha value is -1.20. The Labute approximate surface area is 144 Å². The molecule has 1 aromatic rings. The molecule has 1 aliphatic carbocycles. The van der Waals surface area contributed by atoms with Gasteiger partial charge in [-0.25, -0.2) is 0 Å². The number of aliphatic imine (C=N–C) groups is 1. The average molecular weight is 333 g/mol. The van der Waals surface area contributed by atoms with Crippen LogP contribution in [0.2, 0.25) is 0 Å². The predicted octanol–water partition coefficient (Wildman–Crippen LogP) is 2.43. The normalized spacial score (nSPS) is 22.3. The summed E-state index contributed by atoms with van der Waals surface area (Å²) in [5, 5.41) is 6.91. The number of likely N-dealkylation sites (tertiary alicyclic amines) is 1. The van der Waals surface area contributed by atoms with Crippen LogP contribution in [0.3, 0.4) is 0 Å². The first-order valence-corrected chi connectivity index (χ1v) is 9.70. The van der Waals surface area contributed by atoms with E-state index in [1.165, 1.54) is 37.2 Å². The summed E-state index contributed by atoms with van der Waals surface area (Å²) in [6, 6.07) is 11.5. The van der Waals surface area contributed by atoms with Crippen LogP contribution >= 0.6 is 11.8 Å². The van der Waals surface area contributed by atoms with Crippen LogP contribution in [-0.4, -0.2) is 55.9 Å².